The molecule has 4 heterocycles. The topological polar surface area (TPSA) is 48.8 Å². The first kappa shape index (κ1) is 34.3. The van der Waals surface area contributed by atoms with Crippen LogP contribution in [0, 0.1) is 6.33 Å². The van der Waals surface area contributed by atoms with E-state index >= 15 is 0 Å². The number of ether oxygens (including phenoxy) is 1. The Morgan fingerprint density at radius 2 is 1.25 bits per heavy atom. The Morgan fingerprint density at radius 1 is 0.527 bits per heavy atom. The molecule has 9 rings (SSSR count). The molecule has 0 N–H and O–H groups in total. The van der Waals surface area contributed by atoms with Crippen molar-refractivity contribution in [1.29, 1.82) is 0 Å². The Kier molecular flexibility index (Phi) is 8.16. The number of rotatable bonds is 6. The molecule has 0 aliphatic heterocycles. The Bertz CT molecular complexity index is 2870. The number of aromatic nitrogens is 5. The van der Waals surface area contributed by atoms with Gasteiger partial charge in [0.15, 0.2) is 5.82 Å². The van der Waals surface area contributed by atoms with Crippen molar-refractivity contribution in [2.75, 3.05) is 0 Å². The maximum absolute atomic E-state index is 6.66. The van der Waals surface area contributed by atoms with Crippen molar-refractivity contribution in [3.05, 3.63) is 169 Å². The Morgan fingerprint density at radius 3 is 2.07 bits per heavy atom. The predicted molar refractivity (Wildman–Crippen MR) is 223 cm³/mol. The number of nitrogens with zero attached hydrogens (tertiary/aromatic N) is 5. The molecule has 0 fully saturated rings. The molecule has 0 atom stereocenters. The fourth-order valence-electron chi connectivity index (χ4n) is 7.38. The van der Waals surface area contributed by atoms with Crippen LogP contribution in [-0.2, 0) is 10.8 Å². The Balaban J connectivity index is 1.14. The van der Waals surface area contributed by atoms with Gasteiger partial charge >= 0.3 is 0 Å². The lowest BCUT2D eigenvalue weighted by molar-refractivity contribution is -0.572. The van der Waals surface area contributed by atoms with E-state index in [1.807, 2.05) is 35.0 Å². The van der Waals surface area contributed by atoms with Gasteiger partial charge in [0.2, 0.25) is 0 Å². The number of hydrogen-bond acceptors (Lipinski definition) is 3. The first-order valence-electron chi connectivity index (χ1n) is 18.8. The van der Waals surface area contributed by atoms with Crippen LogP contribution in [0.15, 0.2) is 152 Å². The third kappa shape index (κ3) is 6.33. The van der Waals surface area contributed by atoms with Crippen LogP contribution in [0.1, 0.15) is 52.7 Å². The lowest BCUT2D eigenvalue weighted by Crippen LogP contribution is -2.30. The van der Waals surface area contributed by atoms with Crippen molar-refractivity contribution in [1.82, 2.24) is 19.1 Å². The summed E-state index contributed by atoms with van der Waals surface area (Å²) in [6.45, 7) is 13.4. The molecule has 5 aromatic carbocycles. The molecule has 0 spiro atoms. The highest BCUT2D eigenvalue weighted by Gasteiger charge is 2.20. The number of hydrogen-bond donors (Lipinski definition) is 0. The summed E-state index contributed by atoms with van der Waals surface area (Å²) in [6, 6.07) is 48.7. The third-order valence-corrected chi connectivity index (χ3v) is 10.4. The van der Waals surface area contributed by atoms with Crippen molar-refractivity contribution >= 4 is 32.8 Å². The molecule has 0 saturated carbocycles. The summed E-state index contributed by atoms with van der Waals surface area (Å²) in [5, 5.41) is 2.29. The minimum Gasteiger partial charge on any atom is -0.458 e. The second-order valence-corrected chi connectivity index (χ2v) is 16.3. The molecule has 4 aromatic heterocycles. The first-order chi connectivity index (χ1) is 26.5. The van der Waals surface area contributed by atoms with E-state index in [0.717, 1.165) is 50.1 Å². The van der Waals surface area contributed by atoms with Gasteiger partial charge < -0.3 is 4.74 Å². The summed E-state index contributed by atoms with van der Waals surface area (Å²) < 4.78 is 13.0. The Hall–Kier alpha value is -6.53. The zero-order chi connectivity index (χ0) is 37.9. The second-order valence-electron chi connectivity index (χ2n) is 16.3. The zero-order valence-corrected chi connectivity index (χ0v) is 32.1. The molecular formula is C49H43N5O. The quantitative estimate of drug-likeness (QED) is 0.127. The van der Waals surface area contributed by atoms with Crippen LogP contribution < -0.4 is 9.30 Å². The van der Waals surface area contributed by atoms with E-state index in [1.165, 1.54) is 22.3 Å². The molecule has 55 heavy (non-hydrogen) atoms. The molecule has 0 aliphatic rings. The molecular weight excluding hydrogens is 675 g/mol. The average molecular weight is 718 g/mol. The van der Waals surface area contributed by atoms with Crippen LogP contribution >= 0.6 is 0 Å². The van der Waals surface area contributed by atoms with Gasteiger partial charge in [-0.25, -0.2) is 4.98 Å². The smallest absolute Gasteiger partial charge is 0.271 e. The minimum absolute atomic E-state index is 0.0253. The van der Waals surface area contributed by atoms with E-state index in [4.69, 9.17) is 14.7 Å². The van der Waals surface area contributed by atoms with E-state index in [9.17, 15) is 0 Å². The SMILES string of the molecule is CC(C)(C)c1cccc(-[n+]2[c-]n(-c3cc(Oc4ccc5c6cc(-c7ccccc7)ccc6n(-c6cc(C(C)(C)C)ccn6)c5c4)ccn3)c3ccccc32)c1. The van der Waals surface area contributed by atoms with Gasteiger partial charge in [0.1, 0.15) is 17.3 Å². The minimum atomic E-state index is -0.0253. The molecule has 0 radical (unpaired) electrons. The van der Waals surface area contributed by atoms with Crippen LogP contribution in [0.5, 0.6) is 11.5 Å². The average Bonchev–Trinajstić information content (AvgIpc) is 3.74. The van der Waals surface area contributed by atoms with Gasteiger partial charge in [-0.05, 0) is 87.7 Å². The number of fused-ring (bicyclic) bond motifs is 4. The zero-order valence-electron chi connectivity index (χ0n) is 32.1. The van der Waals surface area contributed by atoms with Crippen LogP contribution in [0.3, 0.4) is 0 Å². The summed E-state index contributed by atoms with van der Waals surface area (Å²) in [6.07, 6.45) is 7.30. The van der Waals surface area contributed by atoms with Gasteiger partial charge in [-0.1, -0.05) is 114 Å². The van der Waals surface area contributed by atoms with Crippen molar-refractivity contribution in [3.63, 3.8) is 0 Å². The van der Waals surface area contributed by atoms with Crippen molar-refractivity contribution in [2.24, 2.45) is 0 Å². The lowest BCUT2D eigenvalue weighted by atomic mass is 9.87. The van der Waals surface area contributed by atoms with E-state index in [2.05, 4.69) is 172 Å². The lowest BCUT2D eigenvalue weighted by Gasteiger charge is -2.20. The van der Waals surface area contributed by atoms with Crippen LogP contribution in [0.25, 0.3) is 61.3 Å². The van der Waals surface area contributed by atoms with Crippen LogP contribution in [-0.4, -0.2) is 19.1 Å². The van der Waals surface area contributed by atoms with Gasteiger partial charge in [0, 0.05) is 35.3 Å². The molecule has 0 amide bonds. The summed E-state index contributed by atoms with van der Waals surface area (Å²) in [4.78, 5) is 9.69. The molecule has 0 bridgehead atoms. The van der Waals surface area contributed by atoms with E-state index in [0.29, 0.717) is 11.6 Å². The first-order valence-corrected chi connectivity index (χ1v) is 18.8. The highest BCUT2D eigenvalue weighted by atomic mass is 16.5. The second kappa shape index (κ2) is 13.1. The molecule has 6 heteroatoms. The van der Waals surface area contributed by atoms with Crippen molar-refractivity contribution in [3.8, 4) is 39.9 Å². The fraction of sp³-hybridized carbons (Fsp3) is 0.163. The molecule has 6 nitrogen and oxygen atoms in total. The number of pyridine rings is 2. The number of imidazole rings is 1. The largest absolute Gasteiger partial charge is 0.458 e. The van der Waals surface area contributed by atoms with E-state index in [-0.39, 0.29) is 10.8 Å². The number of benzene rings is 5. The third-order valence-electron chi connectivity index (χ3n) is 10.4. The van der Waals surface area contributed by atoms with Crippen LogP contribution in [0.4, 0.5) is 0 Å². The maximum atomic E-state index is 6.66. The summed E-state index contributed by atoms with van der Waals surface area (Å²) in [5.74, 6) is 2.99. The fourth-order valence-corrected chi connectivity index (χ4v) is 7.38. The van der Waals surface area contributed by atoms with Crippen molar-refractivity contribution < 1.29 is 9.30 Å². The predicted octanol–water partition coefficient (Wildman–Crippen LogP) is 11.6. The van der Waals surface area contributed by atoms with Gasteiger partial charge in [-0.15, -0.1) is 0 Å². The van der Waals surface area contributed by atoms with Gasteiger partial charge in [0.05, 0.1) is 27.8 Å². The monoisotopic (exact) mass is 717 g/mol. The van der Waals surface area contributed by atoms with Gasteiger partial charge in [0.25, 0.3) is 6.33 Å². The number of para-hydroxylation sites is 2. The normalized spacial score (nSPS) is 12.2. The summed E-state index contributed by atoms with van der Waals surface area (Å²) in [7, 11) is 0. The standard InChI is InChI=1S/C49H43N5O/c1-48(2,3)35-15-12-16-37(28-35)52-32-53(44-18-11-10-17-43(44)52)46-31-39(24-26-50-46)55-38-20-21-40-41-27-34(33-13-8-7-9-14-33)19-22-42(41)54(45(40)30-38)47-29-36(23-25-51-47)49(4,5)6/h7-31H,1-6H3. The molecule has 9 aromatic rings. The Labute approximate surface area is 322 Å². The molecule has 0 unspecified atom stereocenters. The summed E-state index contributed by atoms with van der Waals surface area (Å²) >= 11 is 0. The molecule has 270 valence electrons. The molecule has 0 saturated heterocycles. The highest BCUT2D eigenvalue weighted by Crippen LogP contribution is 2.38. The van der Waals surface area contributed by atoms with Crippen LogP contribution in [0.2, 0.25) is 0 Å². The maximum Gasteiger partial charge on any atom is 0.271 e. The summed E-state index contributed by atoms with van der Waals surface area (Å²) in [5.41, 5.74) is 10.1. The highest BCUT2D eigenvalue weighted by molar-refractivity contribution is 6.10. The molecule has 0 aliphatic carbocycles. The van der Waals surface area contributed by atoms with Gasteiger partial charge in [-0.2, -0.15) is 0 Å². The van der Waals surface area contributed by atoms with Gasteiger partial charge in [-0.3, -0.25) is 18.7 Å². The van der Waals surface area contributed by atoms with Crippen molar-refractivity contribution in [2.45, 2.75) is 52.4 Å². The van der Waals surface area contributed by atoms with E-state index < -0.39 is 0 Å². The van der Waals surface area contributed by atoms with E-state index in [1.54, 1.807) is 6.20 Å².